The first-order chi connectivity index (χ1) is 13.6. The molecule has 1 saturated heterocycles. The SMILES string of the molecule is C[C@@H]1CN(Cc2ccc(CNC(=O)c3ccc4nc[nH]c4c3)cc2)C[C@H](C)O1. The van der Waals surface area contributed by atoms with Gasteiger partial charge >= 0.3 is 0 Å². The highest BCUT2D eigenvalue weighted by molar-refractivity contribution is 5.97. The van der Waals surface area contributed by atoms with Crippen LogP contribution in [-0.4, -0.2) is 46.1 Å². The summed E-state index contributed by atoms with van der Waals surface area (Å²) >= 11 is 0. The van der Waals surface area contributed by atoms with Gasteiger partial charge < -0.3 is 15.0 Å². The number of amides is 1. The molecule has 2 heterocycles. The molecule has 1 fully saturated rings. The summed E-state index contributed by atoms with van der Waals surface area (Å²) in [6, 6.07) is 13.9. The van der Waals surface area contributed by atoms with Crippen molar-refractivity contribution in [2.75, 3.05) is 13.1 Å². The second-order valence-corrected chi connectivity index (χ2v) is 7.59. The van der Waals surface area contributed by atoms with Gasteiger partial charge in [-0.15, -0.1) is 0 Å². The molecule has 0 radical (unpaired) electrons. The predicted octanol–water partition coefficient (Wildman–Crippen LogP) is 3.10. The van der Waals surface area contributed by atoms with Gasteiger partial charge in [-0.3, -0.25) is 9.69 Å². The van der Waals surface area contributed by atoms with Crippen molar-refractivity contribution in [3.05, 3.63) is 65.5 Å². The lowest BCUT2D eigenvalue weighted by Crippen LogP contribution is -2.44. The average Bonchev–Trinajstić information content (AvgIpc) is 3.14. The van der Waals surface area contributed by atoms with Gasteiger partial charge in [-0.05, 0) is 43.2 Å². The topological polar surface area (TPSA) is 70.2 Å². The molecule has 3 aromatic rings. The number of nitrogens with zero attached hydrogens (tertiary/aromatic N) is 2. The molecule has 6 heteroatoms. The maximum Gasteiger partial charge on any atom is 0.251 e. The molecule has 1 aliphatic heterocycles. The Hall–Kier alpha value is -2.70. The Morgan fingerprint density at radius 2 is 1.86 bits per heavy atom. The number of imidazole rings is 1. The number of H-pyrrole nitrogens is 1. The van der Waals surface area contributed by atoms with Crippen LogP contribution in [0.4, 0.5) is 0 Å². The number of hydrogen-bond donors (Lipinski definition) is 2. The van der Waals surface area contributed by atoms with Crippen LogP contribution in [0, 0.1) is 0 Å². The van der Waals surface area contributed by atoms with Crippen LogP contribution in [0.15, 0.2) is 48.8 Å². The molecule has 2 atom stereocenters. The van der Waals surface area contributed by atoms with Crippen molar-refractivity contribution >= 4 is 16.9 Å². The van der Waals surface area contributed by atoms with Crippen LogP contribution < -0.4 is 5.32 Å². The lowest BCUT2D eigenvalue weighted by molar-refractivity contribution is -0.0704. The summed E-state index contributed by atoms with van der Waals surface area (Å²) in [5.41, 5.74) is 4.72. The fourth-order valence-corrected chi connectivity index (χ4v) is 3.80. The maximum atomic E-state index is 12.4. The number of hydrogen-bond acceptors (Lipinski definition) is 4. The molecule has 0 bridgehead atoms. The van der Waals surface area contributed by atoms with Crippen LogP contribution in [0.5, 0.6) is 0 Å². The molecule has 0 saturated carbocycles. The molecular weight excluding hydrogens is 352 g/mol. The molecule has 1 aliphatic rings. The number of aromatic nitrogens is 2. The number of morpholine rings is 1. The van der Waals surface area contributed by atoms with Crippen molar-refractivity contribution in [1.82, 2.24) is 20.2 Å². The number of benzene rings is 2. The van der Waals surface area contributed by atoms with E-state index in [-0.39, 0.29) is 18.1 Å². The van der Waals surface area contributed by atoms with Crippen molar-refractivity contribution in [1.29, 1.82) is 0 Å². The minimum Gasteiger partial charge on any atom is -0.373 e. The Labute approximate surface area is 164 Å². The molecule has 2 N–H and O–H groups in total. The Morgan fingerprint density at radius 1 is 1.14 bits per heavy atom. The van der Waals surface area contributed by atoms with Crippen molar-refractivity contribution in [2.24, 2.45) is 0 Å². The summed E-state index contributed by atoms with van der Waals surface area (Å²) in [5, 5.41) is 2.98. The molecule has 0 aliphatic carbocycles. The second-order valence-electron chi connectivity index (χ2n) is 7.59. The number of nitrogens with one attached hydrogen (secondary N) is 2. The summed E-state index contributed by atoms with van der Waals surface area (Å²) < 4.78 is 5.80. The first-order valence-corrected chi connectivity index (χ1v) is 9.74. The molecule has 1 aromatic heterocycles. The molecule has 0 spiro atoms. The molecule has 6 nitrogen and oxygen atoms in total. The molecule has 0 unspecified atom stereocenters. The third-order valence-electron chi connectivity index (χ3n) is 5.06. The van der Waals surface area contributed by atoms with Gasteiger partial charge in [0, 0.05) is 31.7 Å². The molecule has 4 rings (SSSR count). The van der Waals surface area contributed by atoms with E-state index in [2.05, 4.69) is 58.3 Å². The quantitative estimate of drug-likeness (QED) is 0.716. The normalized spacial score (nSPS) is 20.4. The Bertz CT molecular complexity index is 941. The third kappa shape index (κ3) is 4.40. The highest BCUT2D eigenvalue weighted by Gasteiger charge is 2.21. The van der Waals surface area contributed by atoms with Crippen molar-refractivity contribution in [3.8, 4) is 0 Å². The van der Waals surface area contributed by atoms with Crippen LogP contribution in [0.3, 0.4) is 0 Å². The van der Waals surface area contributed by atoms with Gasteiger partial charge in [0.2, 0.25) is 0 Å². The maximum absolute atomic E-state index is 12.4. The average molecular weight is 378 g/mol. The van der Waals surface area contributed by atoms with Gasteiger partial charge in [0.05, 0.1) is 29.6 Å². The summed E-state index contributed by atoms with van der Waals surface area (Å²) in [6.07, 6.45) is 2.19. The highest BCUT2D eigenvalue weighted by atomic mass is 16.5. The van der Waals surface area contributed by atoms with Crippen molar-refractivity contribution in [3.63, 3.8) is 0 Å². The smallest absolute Gasteiger partial charge is 0.251 e. The van der Waals surface area contributed by atoms with E-state index >= 15 is 0 Å². The Kier molecular flexibility index (Phi) is 5.41. The number of aromatic amines is 1. The number of carbonyl (C=O) groups is 1. The van der Waals surface area contributed by atoms with Crippen LogP contribution in [-0.2, 0) is 17.8 Å². The van der Waals surface area contributed by atoms with Gasteiger partial charge in [0.15, 0.2) is 0 Å². The van der Waals surface area contributed by atoms with Crippen molar-refractivity contribution in [2.45, 2.75) is 39.1 Å². The van der Waals surface area contributed by atoms with E-state index in [4.69, 9.17) is 4.74 Å². The van der Waals surface area contributed by atoms with E-state index in [1.165, 1.54) is 5.56 Å². The van der Waals surface area contributed by atoms with Crippen LogP contribution in [0.2, 0.25) is 0 Å². The molecular formula is C22H26N4O2. The Balaban J connectivity index is 1.32. The summed E-state index contributed by atoms with van der Waals surface area (Å²) in [4.78, 5) is 22.0. The van der Waals surface area contributed by atoms with Gasteiger partial charge in [0.1, 0.15) is 0 Å². The Morgan fingerprint density at radius 3 is 2.61 bits per heavy atom. The van der Waals surface area contributed by atoms with Crippen LogP contribution >= 0.6 is 0 Å². The number of carbonyl (C=O) groups excluding carboxylic acids is 1. The van der Waals surface area contributed by atoms with Gasteiger partial charge in [0.25, 0.3) is 5.91 Å². The van der Waals surface area contributed by atoms with Crippen LogP contribution in [0.25, 0.3) is 11.0 Å². The number of rotatable bonds is 5. The van der Waals surface area contributed by atoms with E-state index in [0.29, 0.717) is 12.1 Å². The zero-order chi connectivity index (χ0) is 19.5. The van der Waals surface area contributed by atoms with Gasteiger partial charge in [-0.25, -0.2) is 4.98 Å². The zero-order valence-corrected chi connectivity index (χ0v) is 16.3. The first kappa shape index (κ1) is 18.7. The third-order valence-corrected chi connectivity index (χ3v) is 5.06. The minimum atomic E-state index is -0.0862. The van der Waals surface area contributed by atoms with E-state index in [0.717, 1.165) is 36.2 Å². The van der Waals surface area contributed by atoms with E-state index in [1.807, 2.05) is 12.1 Å². The van der Waals surface area contributed by atoms with Gasteiger partial charge in [-0.2, -0.15) is 0 Å². The molecule has 1 amide bonds. The van der Waals surface area contributed by atoms with E-state index in [1.54, 1.807) is 12.4 Å². The van der Waals surface area contributed by atoms with Crippen molar-refractivity contribution < 1.29 is 9.53 Å². The summed E-state index contributed by atoms with van der Waals surface area (Å²) in [7, 11) is 0. The lowest BCUT2D eigenvalue weighted by Gasteiger charge is -2.35. The fraction of sp³-hybridized carbons (Fsp3) is 0.364. The van der Waals surface area contributed by atoms with Gasteiger partial charge in [-0.1, -0.05) is 24.3 Å². The monoisotopic (exact) mass is 378 g/mol. The fourth-order valence-electron chi connectivity index (χ4n) is 3.80. The number of fused-ring (bicyclic) bond motifs is 1. The number of ether oxygens (including phenoxy) is 1. The van der Waals surface area contributed by atoms with E-state index in [9.17, 15) is 4.79 Å². The zero-order valence-electron chi connectivity index (χ0n) is 16.3. The standard InChI is InChI=1S/C22H26N4O2/c1-15-11-26(12-16(2)28-15)13-18-5-3-17(4-6-18)10-23-22(27)19-7-8-20-21(9-19)25-14-24-20/h3-9,14-16H,10-13H2,1-2H3,(H,23,27)(H,24,25)/t15-,16+. The molecule has 2 aromatic carbocycles. The molecule has 28 heavy (non-hydrogen) atoms. The highest BCUT2D eigenvalue weighted by Crippen LogP contribution is 2.15. The van der Waals surface area contributed by atoms with Crippen LogP contribution in [0.1, 0.15) is 35.3 Å². The first-order valence-electron chi connectivity index (χ1n) is 9.74. The predicted molar refractivity (Wildman–Crippen MR) is 109 cm³/mol. The second kappa shape index (κ2) is 8.12. The lowest BCUT2D eigenvalue weighted by atomic mass is 10.1. The largest absolute Gasteiger partial charge is 0.373 e. The summed E-state index contributed by atoms with van der Waals surface area (Å²) in [6.45, 7) is 7.60. The van der Waals surface area contributed by atoms with E-state index < -0.39 is 0 Å². The summed E-state index contributed by atoms with van der Waals surface area (Å²) in [5.74, 6) is -0.0862. The molecule has 146 valence electrons. The minimum absolute atomic E-state index is 0.0862.